The first-order valence-electron chi connectivity index (χ1n) is 8.72. The third-order valence-corrected chi connectivity index (χ3v) is 4.88. The second-order valence-electron chi connectivity index (χ2n) is 5.86. The van der Waals surface area contributed by atoms with E-state index < -0.39 is 0 Å². The van der Waals surface area contributed by atoms with Crippen molar-refractivity contribution < 1.29 is 9.47 Å². The SMILES string of the molecule is CCNC(=NCc1sc(C)nc1C)N(C)CCOc1ccc(OC)cc1.I. The van der Waals surface area contributed by atoms with Crippen LogP contribution in [0.2, 0.25) is 0 Å². The molecule has 8 heteroatoms. The number of aliphatic imine (C=N–C) groups is 1. The van der Waals surface area contributed by atoms with Crippen molar-refractivity contribution in [1.82, 2.24) is 15.2 Å². The number of ether oxygens (including phenoxy) is 2. The Morgan fingerprint density at radius 2 is 1.89 bits per heavy atom. The molecule has 1 aromatic heterocycles. The lowest BCUT2D eigenvalue weighted by Gasteiger charge is -2.22. The first-order chi connectivity index (χ1) is 12.5. The molecule has 0 saturated carbocycles. The topological polar surface area (TPSA) is 59.0 Å². The predicted molar refractivity (Wildman–Crippen MR) is 123 cm³/mol. The second kappa shape index (κ2) is 12.0. The molecule has 0 aliphatic heterocycles. The summed E-state index contributed by atoms with van der Waals surface area (Å²) in [5.41, 5.74) is 1.07. The molecule has 2 rings (SSSR count). The van der Waals surface area contributed by atoms with Crippen LogP contribution in [0.15, 0.2) is 29.3 Å². The maximum Gasteiger partial charge on any atom is 0.194 e. The van der Waals surface area contributed by atoms with Crippen LogP contribution in [0.1, 0.15) is 22.5 Å². The van der Waals surface area contributed by atoms with Gasteiger partial charge in [0.2, 0.25) is 0 Å². The third-order valence-electron chi connectivity index (χ3n) is 3.82. The molecule has 1 aromatic carbocycles. The number of hydrogen-bond donors (Lipinski definition) is 1. The lowest BCUT2D eigenvalue weighted by Crippen LogP contribution is -2.40. The van der Waals surface area contributed by atoms with Crippen LogP contribution in [0.3, 0.4) is 0 Å². The van der Waals surface area contributed by atoms with Gasteiger partial charge in [-0.25, -0.2) is 9.98 Å². The maximum atomic E-state index is 5.80. The van der Waals surface area contributed by atoms with Crippen molar-refractivity contribution in [3.63, 3.8) is 0 Å². The summed E-state index contributed by atoms with van der Waals surface area (Å²) in [5, 5.41) is 4.41. The molecule has 0 atom stereocenters. The second-order valence-corrected chi connectivity index (χ2v) is 7.14. The fraction of sp³-hybridized carbons (Fsp3) is 0.474. The van der Waals surface area contributed by atoms with Crippen molar-refractivity contribution in [3.8, 4) is 11.5 Å². The normalized spacial score (nSPS) is 10.9. The van der Waals surface area contributed by atoms with E-state index in [4.69, 9.17) is 14.5 Å². The fourth-order valence-electron chi connectivity index (χ4n) is 2.41. The molecule has 0 saturated heterocycles. The molecule has 1 heterocycles. The molecular weight excluding hydrogens is 475 g/mol. The van der Waals surface area contributed by atoms with Gasteiger partial charge in [0.25, 0.3) is 0 Å². The minimum Gasteiger partial charge on any atom is -0.497 e. The number of benzene rings is 1. The zero-order valence-electron chi connectivity index (χ0n) is 16.6. The highest BCUT2D eigenvalue weighted by molar-refractivity contribution is 14.0. The van der Waals surface area contributed by atoms with Gasteiger partial charge in [-0.1, -0.05) is 0 Å². The van der Waals surface area contributed by atoms with Crippen LogP contribution in [0.5, 0.6) is 11.5 Å². The van der Waals surface area contributed by atoms with Crippen LogP contribution in [0, 0.1) is 13.8 Å². The summed E-state index contributed by atoms with van der Waals surface area (Å²) < 4.78 is 11.0. The number of nitrogens with one attached hydrogen (secondary N) is 1. The molecule has 0 spiro atoms. The average molecular weight is 504 g/mol. The number of guanidine groups is 1. The van der Waals surface area contributed by atoms with Crippen LogP contribution >= 0.6 is 35.3 Å². The van der Waals surface area contributed by atoms with Crippen LogP contribution in [0.25, 0.3) is 0 Å². The van der Waals surface area contributed by atoms with Crippen molar-refractivity contribution in [2.24, 2.45) is 4.99 Å². The van der Waals surface area contributed by atoms with Crippen LogP contribution < -0.4 is 14.8 Å². The average Bonchev–Trinajstić information content (AvgIpc) is 2.96. The molecule has 0 radical (unpaired) electrons. The van der Waals surface area contributed by atoms with Gasteiger partial charge < -0.3 is 19.7 Å². The Morgan fingerprint density at radius 1 is 1.22 bits per heavy atom. The highest BCUT2D eigenvalue weighted by Crippen LogP contribution is 2.18. The molecule has 2 aromatic rings. The molecule has 0 aliphatic carbocycles. The van der Waals surface area contributed by atoms with Gasteiger partial charge in [0.15, 0.2) is 5.96 Å². The van der Waals surface area contributed by atoms with Gasteiger partial charge in [0, 0.05) is 18.5 Å². The van der Waals surface area contributed by atoms with Gasteiger partial charge >= 0.3 is 0 Å². The Kier molecular flexibility index (Phi) is 10.5. The quantitative estimate of drug-likeness (QED) is 0.336. The summed E-state index contributed by atoms with van der Waals surface area (Å²) >= 11 is 1.70. The molecule has 0 bridgehead atoms. The van der Waals surface area contributed by atoms with Crippen molar-refractivity contribution in [2.45, 2.75) is 27.3 Å². The number of hydrogen-bond acceptors (Lipinski definition) is 5. The van der Waals surface area contributed by atoms with Crippen molar-refractivity contribution in [1.29, 1.82) is 0 Å². The molecular formula is C19H29IN4O2S. The Bertz CT molecular complexity index is 719. The highest BCUT2D eigenvalue weighted by atomic mass is 127. The summed E-state index contributed by atoms with van der Waals surface area (Å²) in [4.78, 5) is 12.5. The molecule has 0 unspecified atom stereocenters. The first-order valence-corrected chi connectivity index (χ1v) is 9.54. The smallest absolute Gasteiger partial charge is 0.194 e. The fourth-order valence-corrected chi connectivity index (χ4v) is 3.28. The molecule has 0 fully saturated rings. The zero-order valence-corrected chi connectivity index (χ0v) is 19.8. The number of rotatable bonds is 8. The van der Waals surface area contributed by atoms with Crippen LogP contribution in [-0.2, 0) is 6.54 Å². The van der Waals surface area contributed by atoms with Gasteiger partial charge in [-0.05, 0) is 45.0 Å². The Balaban J connectivity index is 0.00000364. The van der Waals surface area contributed by atoms with Gasteiger partial charge in [0.05, 0.1) is 30.9 Å². The van der Waals surface area contributed by atoms with E-state index >= 15 is 0 Å². The van der Waals surface area contributed by atoms with Gasteiger partial charge in [-0.15, -0.1) is 35.3 Å². The summed E-state index contributed by atoms with van der Waals surface area (Å²) in [6, 6.07) is 7.61. The summed E-state index contributed by atoms with van der Waals surface area (Å²) in [5.74, 6) is 2.53. The monoisotopic (exact) mass is 504 g/mol. The zero-order chi connectivity index (χ0) is 18.9. The molecule has 0 aliphatic rings. The van der Waals surface area contributed by atoms with E-state index in [1.54, 1.807) is 18.4 Å². The Labute approximate surface area is 183 Å². The first kappa shape index (κ1) is 23.5. The number of nitrogens with zero attached hydrogens (tertiary/aromatic N) is 3. The third kappa shape index (κ3) is 7.53. The molecule has 27 heavy (non-hydrogen) atoms. The number of aromatic nitrogens is 1. The highest BCUT2D eigenvalue weighted by Gasteiger charge is 2.08. The van der Waals surface area contributed by atoms with E-state index in [1.807, 2.05) is 45.2 Å². The predicted octanol–water partition coefficient (Wildman–Crippen LogP) is 3.86. The standard InChI is InChI=1S/C19H28N4O2S.HI/c1-6-20-19(21-13-18-14(2)22-15(3)26-18)23(4)11-12-25-17-9-7-16(24-5)8-10-17;/h7-10H,6,11-13H2,1-5H3,(H,20,21);1H. The van der Waals surface area contributed by atoms with Gasteiger partial charge in [-0.2, -0.15) is 0 Å². The summed E-state index contributed by atoms with van der Waals surface area (Å²) in [6.07, 6.45) is 0. The van der Waals surface area contributed by atoms with Gasteiger partial charge in [0.1, 0.15) is 18.1 Å². The number of halogens is 1. The van der Waals surface area contributed by atoms with Crippen LogP contribution in [-0.4, -0.2) is 49.7 Å². The number of thiazole rings is 1. The lowest BCUT2D eigenvalue weighted by atomic mass is 10.3. The van der Waals surface area contributed by atoms with E-state index in [0.717, 1.165) is 41.2 Å². The Hall–Kier alpha value is -1.55. The number of methoxy groups -OCH3 is 1. The van der Waals surface area contributed by atoms with Crippen LogP contribution in [0.4, 0.5) is 0 Å². The molecule has 1 N–H and O–H groups in total. The van der Waals surface area contributed by atoms with E-state index in [0.29, 0.717) is 13.2 Å². The summed E-state index contributed by atoms with van der Waals surface area (Å²) in [7, 11) is 3.67. The van der Waals surface area contributed by atoms with Gasteiger partial charge in [-0.3, -0.25) is 0 Å². The van der Waals surface area contributed by atoms with Crippen molar-refractivity contribution in [2.75, 3.05) is 33.9 Å². The van der Waals surface area contributed by atoms with E-state index in [-0.39, 0.29) is 24.0 Å². The molecule has 6 nitrogen and oxygen atoms in total. The molecule has 150 valence electrons. The van der Waals surface area contributed by atoms with Crippen molar-refractivity contribution >= 4 is 41.3 Å². The largest absolute Gasteiger partial charge is 0.497 e. The lowest BCUT2D eigenvalue weighted by molar-refractivity contribution is 0.281. The summed E-state index contributed by atoms with van der Waals surface area (Å²) in [6.45, 7) is 8.91. The van der Waals surface area contributed by atoms with E-state index in [2.05, 4.69) is 22.1 Å². The number of likely N-dealkylation sites (N-methyl/N-ethyl adjacent to an activating group) is 1. The van der Waals surface area contributed by atoms with E-state index in [9.17, 15) is 0 Å². The minimum absolute atomic E-state index is 0. The Morgan fingerprint density at radius 3 is 2.44 bits per heavy atom. The minimum atomic E-state index is 0. The van der Waals surface area contributed by atoms with Crippen molar-refractivity contribution in [3.05, 3.63) is 39.8 Å². The maximum absolute atomic E-state index is 5.80. The van der Waals surface area contributed by atoms with E-state index in [1.165, 1.54) is 4.88 Å². The molecule has 0 amide bonds. The number of aryl methyl sites for hydroxylation is 2.